The van der Waals surface area contributed by atoms with Crippen LogP contribution in [0.2, 0.25) is 5.02 Å². The molecule has 0 radical (unpaired) electrons. The number of pyridine rings is 1. The topological polar surface area (TPSA) is 50.9 Å². The Morgan fingerprint density at radius 2 is 2.06 bits per heavy atom. The second-order valence-electron chi connectivity index (χ2n) is 3.64. The average Bonchev–Trinajstić information content (AvgIpc) is 2.27. The Kier molecular flexibility index (Phi) is 3.15. The second-order valence-corrected chi connectivity index (χ2v) is 4.05. The van der Waals surface area contributed by atoms with Crippen molar-refractivity contribution in [3.8, 4) is 0 Å². The third-order valence-corrected chi connectivity index (χ3v) is 2.56. The predicted octanol–water partition coefficient (Wildman–Crippen LogP) is 3.51. The van der Waals surface area contributed by atoms with Gasteiger partial charge in [-0.15, -0.1) is 0 Å². The smallest absolute Gasteiger partial charge is 0.153 e. The molecule has 1 heterocycles. The summed E-state index contributed by atoms with van der Waals surface area (Å²) in [4.78, 5) is 4.24. The van der Waals surface area contributed by atoms with Crippen LogP contribution in [-0.4, -0.2) is 4.98 Å². The van der Waals surface area contributed by atoms with E-state index in [4.69, 9.17) is 17.3 Å². The standard InChI is InChI=1S/C12H11ClFN3/c1-7-2-4-10(15)12(16-7)17-11-5-3-8(14)6-9(11)13/h2-6H,15H2,1H3,(H,16,17). The van der Waals surface area contributed by atoms with E-state index in [9.17, 15) is 4.39 Å². The summed E-state index contributed by atoms with van der Waals surface area (Å²) in [6.07, 6.45) is 0. The SMILES string of the molecule is Cc1ccc(N)c(Nc2ccc(F)cc2Cl)n1. The second kappa shape index (κ2) is 4.59. The molecule has 0 aliphatic carbocycles. The molecule has 0 fully saturated rings. The normalized spacial score (nSPS) is 10.3. The first kappa shape index (κ1) is 11.7. The largest absolute Gasteiger partial charge is 0.396 e. The Morgan fingerprint density at radius 3 is 2.76 bits per heavy atom. The molecule has 0 saturated carbocycles. The molecular formula is C12H11ClFN3. The summed E-state index contributed by atoms with van der Waals surface area (Å²) in [5.74, 6) is 0.129. The summed E-state index contributed by atoms with van der Waals surface area (Å²) in [6, 6.07) is 7.66. The van der Waals surface area contributed by atoms with Crippen molar-refractivity contribution in [1.82, 2.24) is 4.98 Å². The Morgan fingerprint density at radius 1 is 1.29 bits per heavy atom. The Hall–Kier alpha value is -1.81. The first-order valence-electron chi connectivity index (χ1n) is 5.01. The summed E-state index contributed by atoms with van der Waals surface area (Å²) in [7, 11) is 0. The molecule has 88 valence electrons. The molecule has 0 aliphatic heterocycles. The number of benzene rings is 1. The van der Waals surface area contributed by atoms with Crippen LogP contribution in [0.4, 0.5) is 21.6 Å². The molecule has 17 heavy (non-hydrogen) atoms. The number of rotatable bonds is 2. The number of nitrogen functional groups attached to an aromatic ring is 1. The van der Waals surface area contributed by atoms with E-state index >= 15 is 0 Å². The van der Waals surface area contributed by atoms with E-state index in [1.165, 1.54) is 12.1 Å². The minimum atomic E-state index is -0.384. The van der Waals surface area contributed by atoms with Gasteiger partial charge in [0.1, 0.15) is 5.82 Å². The molecule has 0 saturated heterocycles. The van der Waals surface area contributed by atoms with Gasteiger partial charge >= 0.3 is 0 Å². The third-order valence-electron chi connectivity index (χ3n) is 2.25. The van der Waals surface area contributed by atoms with E-state index in [0.29, 0.717) is 17.2 Å². The van der Waals surface area contributed by atoms with Crippen LogP contribution in [-0.2, 0) is 0 Å². The van der Waals surface area contributed by atoms with Gasteiger partial charge in [-0.25, -0.2) is 9.37 Å². The summed E-state index contributed by atoms with van der Waals surface area (Å²) in [5.41, 5.74) is 7.69. The van der Waals surface area contributed by atoms with Gasteiger partial charge in [0.2, 0.25) is 0 Å². The predicted molar refractivity (Wildman–Crippen MR) is 68.1 cm³/mol. The van der Waals surface area contributed by atoms with Crippen molar-refractivity contribution in [2.24, 2.45) is 0 Å². The van der Waals surface area contributed by atoms with Crippen LogP contribution >= 0.6 is 11.6 Å². The molecule has 5 heteroatoms. The summed E-state index contributed by atoms with van der Waals surface area (Å²) >= 11 is 5.90. The van der Waals surface area contributed by atoms with Crippen LogP contribution in [0, 0.1) is 12.7 Å². The Labute approximate surface area is 103 Å². The number of nitrogens with zero attached hydrogens (tertiary/aromatic N) is 1. The molecule has 2 rings (SSSR count). The van der Waals surface area contributed by atoms with Gasteiger partial charge in [0, 0.05) is 5.69 Å². The lowest BCUT2D eigenvalue weighted by Crippen LogP contribution is -2.00. The van der Waals surface area contributed by atoms with E-state index in [-0.39, 0.29) is 10.8 Å². The first-order valence-corrected chi connectivity index (χ1v) is 5.39. The maximum absolute atomic E-state index is 12.9. The molecule has 0 atom stereocenters. The zero-order valence-electron chi connectivity index (χ0n) is 9.17. The lowest BCUT2D eigenvalue weighted by atomic mass is 10.3. The molecule has 3 N–H and O–H groups in total. The van der Waals surface area contributed by atoms with Crippen molar-refractivity contribution >= 4 is 28.8 Å². The molecule has 1 aromatic heterocycles. The monoisotopic (exact) mass is 251 g/mol. The highest BCUT2D eigenvalue weighted by Gasteiger charge is 2.06. The Balaban J connectivity index is 2.34. The van der Waals surface area contributed by atoms with E-state index in [0.717, 1.165) is 5.69 Å². The van der Waals surface area contributed by atoms with Crippen LogP contribution in [0.3, 0.4) is 0 Å². The quantitative estimate of drug-likeness (QED) is 0.859. The molecule has 0 spiro atoms. The summed E-state index contributed by atoms with van der Waals surface area (Å²) in [6.45, 7) is 1.86. The highest BCUT2D eigenvalue weighted by molar-refractivity contribution is 6.33. The number of aromatic nitrogens is 1. The minimum absolute atomic E-state index is 0.285. The maximum atomic E-state index is 12.9. The minimum Gasteiger partial charge on any atom is -0.396 e. The fourth-order valence-electron chi connectivity index (χ4n) is 1.39. The van der Waals surface area contributed by atoms with Crippen LogP contribution in [0.25, 0.3) is 0 Å². The number of anilines is 3. The Bertz CT molecular complexity index is 557. The fourth-order valence-corrected chi connectivity index (χ4v) is 1.60. The number of aryl methyl sites for hydroxylation is 1. The van der Waals surface area contributed by atoms with Gasteiger partial charge in [0.15, 0.2) is 5.82 Å². The molecule has 1 aromatic carbocycles. The average molecular weight is 252 g/mol. The molecule has 0 bridgehead atoms. The summed E-state index contributed by atoms with van der Waals surface area (Å²) < 4.78 is 12.9. The molecule has 0 unspecified atom stereocenters. The van der Waals surface area contributed by atoms with Crippen molar-refractivity contribution in [2.45, 2.75) is 6.92 Å². The van der Waals surface area contributed by atoms with Crippen LogP contribution < -0.4 is 11.1 Å². The number of nitrogens with two attached hydrogens (primary N) is 1. The van der Waals surface area contributed by atoms with Crippen molar-refractivity contribution in [3.05, 3.63) is 46.9 Å². The van der Waals surface area contributed by atoms with Gasteiger partial charge in [-0.2, -0.15) is 0 Å². The van der Waals surface area contributed by atoms with Gasteiger partial charge in [-0.3, -0.25) is 0 Å². The van der Waals surface area contributed by atoms with E-state index < -0.39 is 0 Å². The molecule has 2 aromatic rings. The summed E-state index contributed by atoms with van der Waals surface area (Å²) in [5, 5.41) is 3.26. The van der Waals surface area contributed by atoms with Gasteiger partial charge in [-0.1, -0.05) is 11.6 Å². The van der Waals surface area contributed by atoms with Gasteiger partial charge in [0.25, 0.3) is 0 Å². The van der Waals surface area contributed by atoms with E-state index in [2.05, 4.69) is 10.3 Å². The lowest BCUT2D eigenvalue weighted by molar-refractivity contribution is 0.628. The highest BCUT2D eigenvalue weighted by Crippen LogP contribution is 2.27. The number of halogens is 2. The van der Waals surface area contributed by atoms with Gasteiger partial charge in [0.05, 0.1) is 16.4 Å². The van der Waals surface area contributed by atoms with Crippen LogP contribution in [0.1, 0.15) is 5.69 Å². The zero-order chi connectivity index (χ0) is 12.4. The number of hydrogen-bond donors (Lipinski definition) is 2. The molecular weight excluding hydrogens is 241 g/mol. The number of hydrogen-bond acceptors (Lipinski definition) is 3. The highest BCUT2D eigenvalue weighted by atomic mass is 35.5. The number of nitrogens with one attached hydrogen (secondary N) is 1. The van der Waals surface area contributed by atoms with Crippen molar-refractivity contribution in [3.63, 3.8) is 0 Å². The van der Waals surface area contributed by atoms with Crippen LogP contribution in [0.5, 0.6) is 0 Å². The molecule has 0 amide bonds. The first-order chi connectivity index (χ1) is 8.06. The van der Waals surface area contributed by atoms with Gasteiger partial charge in [-0.05, 0) is 37.3 Å². The van der Waals surface area contributed by atoms with E-state index in [1.807, 2.05) is 13.0 Å². The van der Waals surface area contributed by atoms with E-state index in [1.54, 1.807) is 12.1 Å². The van der Waals surface area contributed by atoms with Crippen molar-refractivity contribution < 1.29 is 4.39 Å². The van der Waals surface area contributed by atoms with Crippen molar-refractivity contribution in [2.75, 3.05) is 11.1 Å². The van der Waals surface area contributed by atoms with Crippen LogP contribution in [0.15, 0.2) is 30.3 Å². The maximum Gasteiger partial charge on any atom is 0.153 e. The molecule has 3 nitrogen and oxygen atoms in total. The van der Waals surface area contributed by atoms with Crippen molar-refractivity contribution in [1.29, 1.82) is 0 Å². The van der Waals surface area contributed by atoms with Gasteiger partial charge < -0.3 is 11.1 Å². The zero-order valence-corrected chi connectivity index (χ0v) is 9.92. The third kappa shape index (κ3) is 2.65. The lowest BCUT2D eigenvalue weighted by Gasteiger charge is -2.10. The fraction of sp³-hybridized carbons (Fsp3) is 0.0833. The molecule has 0 aliphatic rings.